The second-order valence-electron chi connectivity index (χ2n) is 7.60. The molecule has 0 atom stereocenters. The molecule has 3 aromatic rings. The number of nitrogens with two attached hydrogens (primary N) is 1. The predicted molar refractivity (Wildman–Crippen MR) is 122 cm³/mol. The van der Waals surface area contributed by atoms with Gasteiger partial charge in [0.2, 0.25) is 5.91 Å². The molecule has 0 fully saturated rings. The number of nitrogens with zero attached hydrogens (tertiary/aromatic N) is 5. The van der Waals surface area contributed by atoms with Gasteiger partial charge >= 0.3 is 5.69 Å². The summed E-state index contributed by atoms with van der Waals surface area (Å²) in [5.74, 6) is -0.111. The van der Waals surface area contributed by atoms with E-state index in [2.05, 4.69) is 15.2 Å². The van der Waals surface area contributed by atoms with Gasteiger partial charge in [0.1, 0.15) is 5.82 Å². The summed E-state index contributed by atoms with van der Waals surface area (Å²) in [4.78, 5) is 41.7. The van der Waals surface area contributed by atoms with E-state index in [1.54, 1.807) is 4.40 Å². The SMILES string of the molecule is CCCCN(C(=O)CSc1nnc2ccccn12)c1c(N)n(CC(C)C)c(=O)[nH]c1=O. The first-order chi connectivity index (χ1) is 14.8. The molecule has 3 N–H and O–H groups in total. The standard InChI is InChI=1S/C20H27N7O3S/c1-4-5-9-26(16-17(21)27(11-13(2)3)19(30)22-18(16)29)15(28)12-31-20-24-23-14-8-6-7-10-25(14)20/h6-8,10,13H,4-5,9,11-12,21H2,1-3H3,(H,22,29,30). The van der Waals surface area contributed by atoms with Gasteiger partial charge in [-0.2, -0.15) is 0 Å². The van der Waals surface area contributed by atoms with Crippen molar-refractivity contribution in [1.82, 2.24) is 24.1 Å². The van der Waals surface area contributed by atoms with Gasteiger partial charge in [-0.25, -0.2) is 4.79 Å². The van der Waals surface area contributed by atoms with Crippen LogP contribution in [-0.2, 0) is 11.3 Å². The summed E-state index contributed by atoms with van der Waals surface area (Å²) in [6.45, 7) is 6.54. The summed E-state index contributed by atoms with van der Waals surface area (Å²) in [6.07, 6.45) is 3.34. The summed E-state index contributed by atoms with van der Waals surface area (Å²) < 4.78 is 3.10. The van der Waals surface area contributed by atoms with Gasteiger partial charge in [0.05, 0.1) is 5.75 Å². The minimum absolute atomic E-state index is 0.00447. The Morgan fingerprint density at radius 2 is 2.06 bits per heavy atom. The Kier molecular flexibility index (Phi) is 7.16. The van der Waals surface area contributed by atoms with Crippen molar-refractivity contribution in [2.75, 3.05) is 22.9 Å². The molecule has 0 aliphatic rings. The maximum Gasteiger partial charge on any atom is 0.330 e. The maximum atomic E-state index is 13.2. The number of H-pyrrole nitrogens is 1. The molecule has 0 radical (unpaired) electrons. The molecule has 11 heteroatoms. The monoisotopic (exact) mass is 445 g/mol. The van der Waals surface area contributed by atoms with Crippen LogP contribution in [0.3, 0.4) is 0 Å². The first kappa shape index (κ1) is 22.6. The highest BCUT2D eigenvalue weighted by molar-refractivity contribution is 7.99. The second kappa shape index (κ2) is 9.82. The molecule has 3 aromatic heterocycles. The third kappa shape index (κ3) is 4.98. The molecule has 0 saturated carbocycles. The fraction of sp³-hybridized carbons (Fsp3) is 0.450. The number of pyridine rings is 1. The second-order valence-corrected chi connectivity index (χ2v) is 8.54. The molecule has 0 bridgehead atoms. The van der Waals surface area contributed by atoms with Crippen LogP contribution in [0.5, 0.6) is 0 Å². The number of hydrogen-bond donors (Lipinski definition) is 2. The first-order valence-electron chi connectivity index (χ1n) is 10.2. The normalized spacial score (nSPS) is 11.4. The van der Waals surface area contributed by atoms with E-state index in [9.17, 15) is 14.4 Å². The van der Waals surface area contributed by atoms with Gasteiger partial charge in [0, 0.05) is 19.3 Å². The van der Waals surface area contributed by atoms with Crippen LogP contribution in [0.4, 0.5) is 11.5 Å². The number of rotatable bonds is 9. The van der Waals surface area contributed by atoms with Crippen molar-refractivity contribution in [2.24, 2.45) is 5.92 Å². The van der Waals surface area contributed by atoms with Crippen molar-refractivity contribution in [3.05, 3.63) is 45.2 Å². The molecule has 10 nitrogen and oxygen atoms in total. The van der Waals surface area contributed by atoms with Crippen LogP contribution in [0.15, 0.2) is 39.1 Å². The van der Waals surface area contributed by atoms with Crippen LogP contribution >= 0.6 is 11.8 Å². The van der Waals surface area contributed by atoms with Gasteiger partial charge in [-0.1, -0.05) is 45.0 Å². The highest BCUT2D eigenvalue weighted by Crippen LogP contribution is 2.22. The molecule has 0 aromatic carbocycles. The lowest BCUT2D eigenvalue weighted by atomic mass is 10.2. The van der Waals surface area contributed by atoms with Crippen LogP contribution in [0.2, 0.25) is 0 Å². The summed E-state index contributed by atoms with van der Waals surface area (Å²) in [6, 6.07) is 5.54. The smallest absolute Gasteiger partial charge is 0.330 e. The van der Waals surface area contributed by atoms with Gasteiger partial charge in [0.15, 0.2) is 16.5 Å². The Morgan fingerprint density at radius 3 is 2.77 bits per heavy atom. The number of fused-ring (bicyclic) bond motifs is 1. The molecule has 1 amide bonds. The number of aromatic nitrogens is 5. The van der Waals surface area contributed by atoms with E-state index in [0.717, 1.165) is 6.42 Å². The number of hydrogen-bond acceptors (Lipinski definition) is 7. The number of unbranched alkanes of at least 4 members (excludes halogenated alkanes) is 1. The van der Waals surface area contributed by atoms with E-state index < -0.39 is 11.2 Å². The van der Waals surface area contributed by atoms with Crippen molar-refractivity contribution in [2.45, 2.75) is 45.3 Å². The van der Waals surface area contributed by atoms with E-state index in [0.29, 0.717) is 30.3 Å². The summed E-state index contributed by atoms with van der Waals surface area (Å²) in [5, 5.41) is 8.78. The van der Waals surface area contributed by atoms with Crippen LogP contribution in [0.1, 0.15) is 33.6 Å². The maximum absolute atomic E-state index is 13.2. The Morgan fingerprint density at radius 1 is 1.29 bits per heavy atom. The largest absolute Gasteiger partial charge is 0.383 e. The number of thioether (sulfide) groups is 1. The molecule has 3 rings (SSSR count). The molecule has 31 heavy (non-hydrogen) atoms. The quantitative estimate of drug-likeness (QED) is 0.480. The van der Waals surface area contributed by atoms with Crippen molar-refractivity contribution in [3.8, 4) is 0 Å². The van der Waals surface area contributed by atoms with Crippen molar-refractivity contribution < 1.29 is 4.79 Å². The number of carbonyl (C=O) groups is 1. The predicted octanol–water partition coefficient (Wildman–Crippen LogP) is 1.74. The summed E-state index contributed by atoms with van der Waals surface area (Å²) >= 11 is 1.23. The number of carbonyl (C=O) groups excluding carboxylic acids is 1. The highest BCUT2D eigenvalue weighted by atomic mass is 32.2. The van der Waals surface area contributed by atoms with E-state index in [-0.39, 0.29) is 29.1 Å². The molecule has 0 aliphatic heterocycles. The molecule has 0 spiro atoms. The summed E-state index contributed by atoms with van der Waals surface area (Å²) in [5.41, 5.74) is 5.69. The van der Waals surface area contributed by atoms with Crippen LogP contribution in [-0.4, -0.2) is 42.4 Å². The average molecular weight is 446 g/mol. The molecule has 3 heterocycles. The Bertz CT molecular complexity index is 1180. The van der Waals surface area contributed by atoms with Crippen molar-refractivity contribution in [1.29, 1.82) is 0 Å². The lowest BCUT2D eigenvalue weighted by Gasteiger charge is -2.24. The lowest BCUT2D eigenvalue weighted by Crippen LogP contribution is -2.42. The number of amides is 1. The average Bonchev–Trinajstić information content (AvgIpc) is 3.14. The van der Waals surface area contributed by atoms with Gasteiger partial charge < -0.3 is 10.6 Å². The van der Waals surface area contributed by atoms with Gasteiger partial charge in [-0.15, -0.1) is 10.2 Å². The van der Waals surface area contributed by atoms with Crippen molar-refractivity contribution >= 4 is 34.8 Å². The van der Waals surface area contributed by atoms with Gasteiger partial charge in [-0.3, -0.25) is 23.5 Å². The molecular weight excluding hydrogens is 418 g/mol. The first-order valence-corrected chi connectivity index (χ1v) is 11.2. The zero-order valence-corrected chi connectivity index (χ0v) is 18.7. The van der Waals surface area contributed by atoms with Crippen molar-refractivity contribution in [3.63, 3.8) is 0 Å². The molecule has 166 valence electrons. The van der Waals surface area contributed by atoms with Gasteiger partial charge in [-0.05, 0) is 24.5 Å². The number of aromatic amines is 1. The third-order valence-electron chi connectivity index (χ3n) is 4.68. The minimum Gasteiger partial charge on any atom is -0.383 e. The molecular formula is C20H27N7O3S. The van der Waals surface area contributed by atoms with E-state index in [1.807, 2.05) is 45.2 Å². The number of nitrogens with one attached hydrogen (secondary N) is 1. The Labute approximate surface area is 183 Å². The van der Waals surface area contributed by atoms with E-state index >= 15 is 0 Å². The molecule has 0 unspecified atom stereocenters. The van der Waals surface area contributed by atoms with E-state index in [4.69, 9.17) is 5.73 Å². The molecule has 0 saturated heterocycles. The van der Waals surface area contributed by atoms with Crippen LogP contribution in [0.25, 0.3) is 5.65 Å². The van der Waals surface area contributed by atoms with Crippen LogP contribution < -0.4 is 21.9 Å². The number of anilines is 2. The Hall–Kier alpha value is -3.08. The highest BCUT2D eigenvalue weighted by Gasteiger charge is 2.24. The molecule has 0 aliphatic carbocycles. The fourth-order valence-electron chi connectivity index (χ4n) is 3.18. The zero-order valence-electron chi connectivity index (χ0n) is 17.9. The zero-order chi connectivity index (χ0) is 22.5. The van der Waals surface area contributed by atoms with E-state index in [1.165, 1.54) is 21.2 Å². The van der Waals surface area contributed by atoms with Gasteiger partial charge in [0.25, 0.3) is 5.56 Å². The Balaban J connectivity index is 1.91. The minimum atomic E-state index is -0.662. The topological polar surface area (TPSA) is 131 Å². The number of nitrogen functional groups attached to an aromatic ring is 1. The lowest BCUT2D eigenvalue weighted by molar-refractivity contribution is -0.116. The summed E-state index contributed by atoms with van der Waals surface area (Å²) in [7, 11) is 0. The third-order valence-corrected chi connectivity index (χ3v) is 5.60. The van der Waals surface area contributed by atoms with Crippen LogP contribution in [0, 0.1) is 5.92 Å². The fourth-order valence-corrected chi connectivity index (χ4v) is 3.98.